The summed E-state index contributed by atoms with van der Waals surface area (Å²) >= 11 is 1.21. The van der Waals surface area contributed by atoms with E-state index in [1.807, 2.05) is 32.9 Å². The Morgan fingerprint density at radius 3 is 2.41 bits per heavy atom. The van der Waals surface area contributed by atoms with Gasteiger partial charge in [0.05, 0.1) is 10.6 Å². The molecule has 0 bridgehead atoms. The van der Waals surface area contributed by atoms with Crippen molar-refractivity contribution in [1.82, 2.24) is 14.8 Å². The molecule has 0 unspecified atom stereocenters. The number of hydrogen-bond donors (Lipinski definition) is 1. The Hall–Kier alpha value is -2.91. The highest BCUT2D eigenvalue weighted by molar-refractivity contribution is 7.99. The van der Waals surface area contributed by atoms with Crippen LogP contribution in [0.4, 0.5) is 5.69 Å². The summed E-state index contributed by atoms with van der Waals surface area (Å²) in [6.07, 6.45) is 1.64. The van der Waals surface area contributed by atoms with Gasteiger partial charge in [0.15, 0.2) is 15.0 Å². The fraction of sp³-hybridized carbons (Fsp3) is 0.261. The number of carbonyl (C=O) groups is 1. The molecule has 7 nitrogen and oxygen atoms in total. The number of carbonyl (C=O) groups excluding carboxylic acids is 1. The van der Waals surface area contributed by atoms with Crippen LogP contribution in [0.1, 0.15) is 22.5 Å². The van der Waals surface area contributed by atoms with Crippen LogP contribution in [-0.4, -0.2) is 34.8 Å². The number of allylic oxidation sites excluding steroid dienone is 1. The van der Waals surface area contributed by atoms with Gasteiger partial charge in [-0.2, -0.15) is 0 Å². The van der Waals surface area contributed by atoms with E-state index in [1.165, 1.54) is 11.8 Å². The fourth-order valence-electron chi connectivity index (χ4n) is 3.41. The molecule has 2 aromatic carbocycles. The predicted octanol–water partition coefficient (Wildman–Crippen LogP) is 4.09. The average Bonchev–Trinajstić information content (AvgIpc) is 3.11. The van der Waals surface area contributed by atoms with Gasteiger partial charge in [0, 0.05) is 12.2 Å². The molecule has 0 radical (unpaired) electrons. The van der Waals surface area contributed by atoms with E-state index in [1.54, 1.807) is 41.0 Å². The van der Waals surface area contributed by atoms with Crippen LogP contribution >= 0.6 is 11.8 Å². The van der Waals surface area contributed by atoms with Gasteiger partial charge >= 0.3 is 0 Å². The molecule has 1 heterocycles. The molecule has 32 heavy (non-hydrogen) atoms. The number of nitrogens with zero attached hydrogens (tertiary/aromatic N) is 3. The lowest BCUT2D eigenvalue weighted by Gasteiger charge is -2.13. The maximum atomic E-state index is 12.7. The molecule has 0 saturated carbocycles. The Kier molecular flexibility index (Phi) is 7.52. The van der Waals surface area contributed by atoms with Gasteiger partial charge in [-0.05, 0) is 44.0 Å². The van der Waals surface area contributed by atoms with E-state index in [2.05, 4.69) is 22.1 Å². The summed E-state index contributed by atoms with van der Waals surface area (Å²) in [5.41, 5.74) is 3.96. The summed E-state index contributed by atoms with van der Waals surface area (Å²) in [6, 6.07) is 12.3. The first-order valence-corrected chi connectivity index (χ1v) is 12.7. The standard InChI is InChI=1S/C23H26N4O3S2/c1-5-11-27-20(15-32(29,30)19-9-7-6-8-10-19)25-26-23(27)31-14-21(28)24-22-17(3)12-16(2)13-18(22)4/h5-10,12-13H,1,11,14-15H2,2-4H3,(H,24,28). The maximum absolute atomic E-state index is 12.7. The highest BCUT2D eigenvalue weighted by Gasteiger charge is 2.21. The number of benzene rings is 2. The monoisotopic (exact) mass is 470 g/mol. The number of aromatic nitrogens is 3. The molecule has 0 atom stereocenters. The first-order valence-electron chi connectivity index (χ1n) is 10.0. The van der Waals surface area contributed by atoms with Crippen LogP contribution in [0.25, 0.3) is 0 Å². The van der Waals surface area contributed by atoms with Gasteiger partial charge in [-0.3, -0.25) is 4.79 Å². The molecule has 9 heteroatoms. The van der Waals surface area contributed by atoms with E-state index in [-0.39, 0.29) is 22.3 Å². The number of anilines is 1. The SMILES string of the molecule is C=CCn1c(CS(=O)(=O)c2ccccc2)nnc1SCC(=O)Nc1c(C)cc(C)cc1C. The lowest BCUT2D eigenvalue weighted by Crippen LogP contribution is -2.16. The van der Waals surface area contributed by atoms with Crippen LogP contribution < -0.4 is 5.32 Å². The smallest absolute Gasteiger partial charge is 0.234 e. The third-order valence-corrected chi connectivity index (χ3v) is 7.40. The summed E-state index contributed by atoms with van der Waals surface area (Å²) in [6.45, 7) is 10.0. The van der Waals surface area contributed by atoms with Gasteiger partial charge in [-0.1, -0.05) is 53.7 Å². The molecular formula is C23H26N4O3S2. The molecule has 3 rings (SSSR count). The van der Waals surface area contributed by atoms with E-state index >= 15 is 0 Å². The Balaban J connectivity index is 1.73. The van der Waals surface area contributed by atoms with Crippen molar-refractivity contribution >= 4 is 33.2 Å². The minimum Gasteiger partial charge on any atom is -0.325 e. The zero-order valence-electron chi connectivity index (χ0n) is 18.3. The molecule has 168 valence electrons. The van der Waals surface area contributed by atoms with Crippen molar-refractivity contribution in [1.29, 1.82) is 0 Å². The second kappa shape index (κ2) is 10.1. The van der Waals surface area contributed by atoms with Crippen LogP contribution in [0.15, 0.2) is 65.2 Å². The first kappa shape index (κ1) is 23.7. The molecule has 0 spiro atoms. The van der Waals surface area contributed by atoms with Crippen molar-refractivity contribution in [3.05, 3.63) is 77.6 Å². The molecule has 0 saturated heterocycles. The Morgan fingerprint density at radius 1 is 1.12 bits per heavy atom. The largest absolute Gasteiger partial charge is 0.325 e. The first-order chi connectivity index (χ1) is 15.2. The van der Waals surface area contributed by atoms with E-state index in [0.29, 0.717) is 17.5 Å². The molecule has 1 aromatic heterocycles. The summed E-state index contributed by atoms with van der Waals surface area (Å²) in [4.78, 5) is 12.8. The lowest BCUT2D eigenvalue weighted by atomic mass is 10.1. The quantitative estimate of drug-likeness (QED) is 0.374. The second-order valence-electron chi connectivity index (χ2n) is 7.48. The van der Waals surface area contributed by atoms with E-state index in [4.69, 9.17) is 0 Å². The Morgan fingerprint density at radius 2 is 1.78 bits per heavy atom. The minimum atomic E-state index is -3.57. The third kappa shape index (κ3) is 5.66. The normalized spacial score (nSPS) is 11.3. The van der Waals surface area contributed by atoms with Crippen LogP contribution in [0.5, 0.6) is 0 Å². The van der Waals surface area contributed by atoms with Crippen molar-refractivity contribution in [2.75, 3.05) is 11.1 Å². The van der Waals surface area contributed by atoms with Crippen LogP contribution in [0.3, 0.4) is 0 Å². The van der Waals surface area contributed by atoms with Gasteiger partial charge in [-0.15, -0.1) is 16.8 Å². The Labute approximate surface area is 192 Å². The van der Waals surface area contributed by atoms with Crippen LogP contribution in [0.2, 0.25) is 0 Å². The van der Waals surface area contributed by atoms with Crippen LogP contribution in [-0.2, 0) is 26.9 Å². The molecule has 0 fully saturated rings. The topological polar surface area (TPSA) is 93.9 Å². The van der Waals surface area contributed by atoms with Gasteiger partial charge in [0.2, 0.25) is 5.91 Å². The average molecular weight is 471 g/mol. The zero-order chi connectivity index (χ0) is 23.3. The molecular weight excluding hydrogens is 444 g/mol. The molecule has 3 aromatic rings. The van der Waals surface area contributed by atoms with Crippen molar-refractivity contribution in [3.63, 3.8) is 0 Å². The van der Waals surface area contributed by atoms with Crippen molar-refractivity contribution < 1.29 is 13.2 Å². The maximum Gasteiger partial charge on any atom is 0.234 e. The summed E-state index contributed by atoms with van der Waals surface area (Å²) in [5, 5.41) is 11.6. The molecule has 0 aliphatic carbocycles. The highest BCUT2D eigenvalue weighted by Crippen LogP contribution is 2.24. The number of hydrogen-bond acceptors (Lipinski definition) is 6. The highest BCUT2D eigenvalue weighted by atomic mass is 32.2. The van der Waals surface area contributed by atoms with E-state index in [0.717, 1.165) is 22.4 Å². The summed E-state index contributed by atoms with van der Waals surface area (Å²) in [7, 11) is -3.57. The second-order valence-corrected chi connectivity index (χ2v) is 10.4. The van der Waals surface area contributed by atoms with Crippen LogP contribution in [0, 0.1) is 20.8 Å². The summed E-state index contributed by atoms with van der Waals surface area (Å²) < 4.78 is 27.2. The number of rotatable bonds is 9. The molecule has 1 N–H and O–H groups in total. The molecule has 0 aliphatic heterocycles. The number of sulfone groups is 1. The van der Waals surface area contributed by atoms with Gasteiger partial charge in [0.25, 0.3) is 0 Å². The van der Waals surface area contributed by atoms with Crippen molar-refractivity contribution in [3.8, 4) is 0 Å². The van der Waals surface area contributed by atoms with Gasteiger partial charge < -0.3 is 9.88 Å². The van der Waals surface area contributed by atoms with E-state index in [9.17, 15) is 13.2 Å². The number of amides is 1. The summed E-state index contributed by atoms with van der Waals surface area (Å²) in [5.74, 6) is -0.0293. The van der Waals surface area contributed by atoms with Gasteiger partial charge in [-0.25, -0.2) is 8.42 Å². The van der Waals surface area contributed by atoms with E-state index < -0.39 is 9.84 Å². The van der Waals surface area contributed by atoms with Gasteiger partial charge in [0.1, 0.15) is 11.6 Å². The van der Waals surface area contributed by atoms with Crippen molar-refractivity contribution in [2.45, 2.75) is 43.1 Å². The number of thioether (sulfide) groups is 1. The predicted molar refractivity (Wildman–Crippen MR) is 128 cm³/mol. The third-order valence-electron chi connectivity index (χ3n) is 4.80. The lowest BCUT2D eigenvalue weighted by molar-refractivity contribution is -0.113. The van der Waals surface area contributed by atoms with Crippen molar-refractivity contribution in [2.24, 2.45) is 0 Å². The fourth-order valence-corrected chi connectivity index (χ4v) is 5.47. The number of nitrogens with one attached hydrogen (secondary N) is 1. The zero-order valence-corrected chi connectivity index (χ0v) is 20.0. The Bertz CT molecular complexity index is 1210. The molecule has 1 amide bonds. The number of aryl methyl sites for hydroxylation is 3. The molecule has 0 aliphatic rings. The minimum absolute atomic E-state index is 0.119.